The van der Waals surface area contributed by atoms with Crippen molar-refractivity contribution in [2.75, 3.05) is 31.5 Å². The number of nitrogens with one attached hydrogen (secondary N) is 2. The zero-order chi connectivity index (χ0) is 15.6. The molecule has 6 heteroatoms. The maximum Gasteiger partial charge on any atom is 0.239 e. The van der Waals surface area contributed by atoms with Crippen LogP contribution in [0.3, 0.4) is 0 Å². The summed E-state index contributed by atoms with van der Waals surface area (Å²) >= 11 is 0. The Bertz CT molecular complexity index is 503. The standard InChI is InChI=1S/C15H27N5O/c1-11-8-13(20(18-11)15(3,4)5)17-14(21)10-19-7-6-16-9-12(19)2/h8,12,16H,6-7,9-10H2,1-5H3,(H,17,21)/t12-/m0/s1. The summed E-state index contributed by atoms with van der Waals surface area (Å²) in [5.41, 5.74) is 0.759. The normalized spacial score (nSPS) is 20.5. The van der Waals surface area contributed by atoms with Crippen molar-refractivity contribution in [3.05, 3.63) is 11.8 Å². The number of nitrogens with zero attached hydrogens (tertiary/aromatic N) is 3. The molecule has 2 heterocycles. The van der Waals surface area contributed by atoms with Gasteiger partial charge in [0.25, 0.3) is 0 Å². The summed E-state index contributed by atoms with van der Waals surface area (Å²) in [6, 6.07) is 2.31. The summed E-state index contributed by atoms with van der Waals surface area (Å²) < 4.78 is 1.88. The van der Waals surface area contributed by atoms with E-state index in [0.29, 0.717) is 12.6 Å². The lowest BCUT2D eigenvalue weighted by Gasteiger charge is -2.33. The minimum Gasteiger partial charge on any atom is -0.314 e. The Morgan fingerprint density at radius 3 is 2.86 bits per heavy atom. The molecule has 21 heavy (non-hydrogen) atoms. The summed E-state index contributed by atoms with van der Waals surface area (Å²) in [5.74, 6) is 0.793. The van der Waals surface area contributed by atoms with Crippen LogP contribution in [0, 0.1) is 6.92 Å². The third kappa shape index (κ3) is 4.04. The number of carbonyl (C=O) groups excluding carboxylic acids is 1. The summed E-state index contributed by atoms with van der Waals surface area (Å²) in [7, 11) is 0. The van der Waals surface area contributed by atoms with Gasteiger partial charge in [-0.25, -0.2) is 4.68 Å². The van der Waals surface area contributed by atoms with Gasteiger partial charge in [-0.1, -0.05) is 0 Å². The van der Waals surface area contributed by atoms with E-state index in [0.717, 1.165) is 31.1 Å². The average Bonchev–Trinajstić information content (AvgIpc) is 2.73. The highest BCUT2D eigenvalue weighted by Gasteiger charge is 2.23. The maximum absolute atomic E-state index is 12.3. The Balaban J connectivity index is 2.03. The molecule has 0 spiro atoms. The molecule has 0 aliphatic carbocycles. The summed E-state index contributed by atoms with van der Waals surface area (Å²) in [4.78, 5) is 14.5. The van der Waals surface area contributed by atoms with Crippen molar-refractivity contribution in [1.82, 2.24) is 20.0 Å². The van der Waals surface area contributed by atoms with Crippen molar-refractivity contribution in [2.24, 2.45) is 0 Å². The molecule has 118 valence electrons. The van der Waals surface area contributed by atoms with Crippen LogP contribution in [0.2, 0.25) is 0 Å². The molecule has 1 fully saturated rings. The van der Waals surface area contributed by atoms with Crippen molar-refractivity contribution in [3.8, 4) is 0 Å². The quantitative estimate of drug-likeness (QED) is 0.878. The lowest BCUT2D eigenvalue weighted by atomic mass is 10.1. The average molecular weight is 293 g/mol. The van der Waals surface area contributed by atoms with E-state index < -0.39 is 0 Å². The van der Waals surface area contributed by atoms with Gasteiger partial charge in [-0.05, 0) is 34.6 Å². The van der Waals surface area contributed by atoms with E-state index in [1.165, 1.54) is 0 Å². The number of carbonyl (C=O) groups is 1. The summed E-state index contributed by atoms with van der Waals surface area (Å²) in [6.45, 7) is 13.5. The van der Waals surface area contributed by atoms with Gasteiger partial charge in [0.05, 0.1) is 17.8 Å². The second-order valence-corrected chi connectivity index (χ2v) is 6.83. The first-order chi connectivity index (χ1) is 9.77. The minimum absolute atomic E-state index is 0.0224. The first-order valence-corrected chi connectivity index (χ1v) is 7.59. The van der Waals surface area contributed by atoms with Gasteiger partial charge in [-0.15, -0.1) is 0 Å². The van der Waals surface area contributed by atoms with Crippen LogP contribution in [0.4, 0.5) is 5.82 Å². The van der Waals surface area contributed by atoms with E-state index in [9.17, 15) is 4.79 Å². The molecule has 1 aliphatic heterocycles. The Morgan fingerprint density at radius 2 is 2.24 bits per heavy atom. The van der Waals surface area contributed by atoms with Crippen LogP contribution in [0.1, 0.15) is 33.4 Å². The molecule has 1 saturated heterocycles. The third-order valence-corrected chi connectivity index (χ3v) is 3.72. The lowest BCUT2D eigenvalue weighted by Crippen LogP contribution is -2.52. The molecular formula is C15H27N5O. The highest BCUT2D eigenvalue weighted by Crippen LogP contribution is 2.21. The molecule has 0 radical (unpaired) electrons. The van der Waals surface area contributed by atoms with Gasteiger partial charge >= 0.3 is 0 Å². The second kappa shape index (κ2) is 6.15. The van der Waals surface area contributed by atoms with E-state index in [4.69, 9.17) is 0 Å². The zero-order valence-corrected chi connectivity index (χ0v) is 13.7. The minimum atomic E-state index is -0.154. The molecule has 1 aliphatic rings. The molecular weight excluding hydrogens is 266 g/mol. The van der Waals surface area contributed by atoms with Gasteiger partial charge in [-0.3, -0.25) is 9.69 Å². The SMILES string of the molecule is Cc1cc(NC(=O)CN2CCNC[C@@H]2C)n(C(C)(C)C)n1. The first-order valence-electron chi connectivity index (χ1n) is 7.59. The molecule has 6 nitrogen and oxygen atoms in total. The Labute approximate surface area is 126 Å². The Kier molecular flexibility index (Phi) is 4.68. The summed E-state index contributed by atoms with van der Waals surface area (Å²) in [6.07, 6.45) is 0. The molecule has 2 rings (SSSR count). The molecule has 2 N–H and O–H groups in total. The number of hydrogen-bond acceptors (Lipinski definition) is 4. The van der Waals surface area contributed by atoms with Gasteiger partial charge < -0.3 is 10.6 Å². The monoisotopic (exact) mass is 293 g/mol. The first kappa shape index (κ1) is 16.0. The van der Waals surface area contributed by atoms with Gasteiger partial charge in [0, 0.05) is 31.7 Å². The van der Waals surface area contributed by atoms with Crippen molar-refractivity contribution in [2.45, 2.75) is 46.2 Å². The number of aryl methyl sites for hydroxylation is 1. The predicted octanol–water partition coefficient (Wildman–Crippen LogP) is 1.18. The van der Waals surface area contributed by atoms with E-state index in [1.807, 2.05) is 17.7 Å². The fourth-order valence-corrected chi connectivity index (χ4v) is 2.58. The Morgan fingerprint density at radius 1 is 1.52 bits per heavy atom. The zero-order valence-electron chi connectivity index (χ0n) is 13.7. The molecule has 0 saturated carbocycles. The van der Waals surface area contributed by atoms with E-state index in [-0.39, 0.29) is 11.4 Å². The van der Waals surface area contributed by atoms with Gasteiger partial charge in [0.15, 0.2) is 0 Å². The van der Waals surface area contributed by atoms with Crippen LogP contribution >= 0.6 is 0 Å². The van der Waals surface area contributed by atoms with Gasteiger partial charge in [-0.2, -0.15) is 5.10 Å². The highest BCUT2D eigenvalue weighted by atomic mass is 16.2. The number of piperazine rings is 1. The van der Waals surface area contributed by atoms with E-state index in [2.05, 4.69) is 48.3 Å². The number of aromatic nitrogens is 2. The number of rotatable bonds is 3. The second-order valence-electron chi connectivity index (χ2n) is 6.83. The molecule has 1 atom stereocenters. The molecule has 0 aromatic carbocycles. The van der Waals surface area contributed by atoms with Crippen LogP contribution in [-0.4, -0.2) is 52.8 Å². The maximum atomic E-state index is 12.3. The molecule has 1 aromatic rings. The van der Waals surface area contributed by atoms with Crippen molar-refractivity contribution in [1.29, 1.82) is 0 Å². The highest BCUT2D eigenvalue weighted by molar-refractivity contribution is 5.91. The fourth-order valence-electron chi connectivity index (χ4n) is 2.58. The predicted molar refractivity (Wildman–Crippen MR) is 84.5 cm³/mol. The topological polar surface area (TPSA) is 62.2 Å². The molecule has 1 aromatic heterocycles. The van der Waals surface area contributed by atoms with Crippen molar-refractivity contribution in [3.63, 3.8) is 0 Å². The number of anilines is 1. The Hall–Kier alpha value is -1.40. The van der Waals surface area contributed by atoms with Crippen LogP contribution in [0.5, 0.6) is 0 Å². The smallest absolute Gasteiger partial charge is 0.239 e. The molecule has 0 bridgehead atoms. The van der Waals surface area contributed by atoms with E-state index in [1.54, 1.807) is 0 Å². The lowest BCUT2D eigenvalue weighted by molar-refractivity contribution is -0.118. The van der Waals surface area contributed by atoms with Gasteiger partial charge in [0.2, 0.25) is 5.91 Å². The number of amides is 1. The summed E-state index contributed by atoms with van der Waals surface area (Å²) in [5, 5.41) is 10.8. The number of hydrogen-bond donors (Lipinski definition) is 2. The molecule has 0 unspecified atom stereocenters. The van der Waals surface area contributed by atoms with Crippen molar-refractivity contribution < 1.29 is 4.79 Å². The van der Waals surface area contributed by atoms with Crippen LogP contribution in [0.25, 0.3) is 0 Å². The third-order valence-electron chi connectivity index (χ3n) is 3.72. The van der Waals surface area contributed by atoms with Crippen LogP contribution in [0.15, 0.2) is 6.07 Å². The van der Waals surface area contributed by atoms with Crippen LogP contribution in [-0.2, 0) is 10.3 Å². The molecule has 1 amide bonds. The van der Waals surface area contributed by atoms with Crippen molar-refractivity contribution >= 4 is 11.7 Å². The van der Waals surface area contributed by atoms with E-state index >= 15 is 0 Å². The largest absolute Gasteiger partial charge is 0.314 e. The van der Waals surface area contributed by atoms with Crippen LogP contribution < -0.4 is 10.6 Å². The van der Waals surface area contributed by atoms with Gasteiger partial charge in [0.1, 0.15) is 5.82 Å². The fraction of sp³-hybridized carbons (Fsp3) is 0.733.